The van der Waals surface area contributed by atoms with Crippen LogP contribution in [0.15, 0.2) is 12.1 Å². The van der Waals surface area contributed by atoms with Crippen molar-refractivity contribution >= 4 is 23.5 Å². The minimum absolute atomic E-state index is 0.110. The van der Waals surface area contributed by atoms with Gasteiger partial charge in [0.1, 0.15) is 0 Å². The zero-order valence-electron chi connectivity index (χ0n) is 10.1. The topological polar surface area (TPSA) is 58.6 Å². The average Bonchev–Trinajstić information content (AvgIpc) is 2.89. The molecule has 5 nitrogen and oxygen atoms in total. The first-order valence-corrected chi connectivity index (χ1v) is 6.74. The molecule has 0 spiro atoms. The van der Waals surface area contributed by atoms with Crippen LogP contribution in [0.3, 0.4) is 0 Å². The van der Waals surface area contributed by atoms with Crippen molar-refractivity contribution in [3.8, 4) is 0 Å². The second kappa shape index (κ2) is 6.63. The Hall–Kier alpha value is -1.24. The van der Waals surface area contributed by atoms with Crippen LogP contribution in [0.25, 0.3) is 0 Å². The van der Waals surface area contributed by atoms with Crippen molar-refractivity contribution in [1.29, 1.82) is 0 Å². The van der Waals surface area contributed by atoms with Crippen LogP contribution >= 0.6 is 11.3 Å². The minimum atomic E-state index is -0.110. The van der Waals surface area contributed by atoms with E-state index in [4.69, 9.17) is 4.74 Å². The predicted octanol–water partition coefficient (Wildman–Crippen LogP) is 0.623. The molecule has 1 amide bonds. The average molecular weight is 268 g/mol. The van der Waals surface area contributed by atoms with E-state index in [2.05, 4.69) is 10.2 Å². The summed E-state index contributed by atoms with van der Waals surface area (Å²) in [5.74, 6) is -0.110. The summed E-state index contributed by atoms with van der Waals surface area (Å²) >= 11 is 1.21. The lowest BCUT2D eigenvalue weighted by Crippen LogP contribution is -2.41. The Balaban J connectivity index is 1.72. The summed E-state index contributed by atoms with van der Waals surface area (Å²) in [4.78, 5) is 25.7. The Morgan fingerprint density at radius 3 is 2.89 bits per heavy atom. The highest BCUT2D eigenvalue weighted by Crippen LogP contribution is 2.13. The van der Waals surface area contributed by atoms with Crippen molar-refractivity contribution in [1.82, 2.24) is 10.2 Å². The van der Waals surface area contributed by atoms with Gasteiger partial charge in [0.05, 0.1) is 23.0 Å². The maximum Gasteiger partial charge on any atom is 0.261 e. The number of hydrogen-bond donors (Lipinski definition) is 1. The van der Waals surface area contributed by atoms with E-state index >= 15 is 0 Å². The Labute approximate surface area is 110 Å². The Morgan fingerprint density at radius 2 is 2.22 bits per heavy atom. The number of morpholine rings is 1. The largest absolute Gasteiger partial charge is 0.379 e. The Kier molecular flexibility index (Phi) is 4.86. The van der Waals surface area contributed by atoms with Gasteiger partial charge >= 0.3 is 0 Å². The second-order valence-corrected chi connectivity index (χ2v) is 5.15. The lowest BCUT2D eigenvalue weighted by Gasteiger charge is -2.26. The summed E-state index contributed by atoms with van der Waals surface area (Å²) in [6.07, 6.45) is 0.759. The molecule has 0 bridgehead atoms. The summed E-state index contributed by atoms with van der Waals surface area (Å²) < 4.78 is 5.25. The molecule has 2 heterocycles. The first-order valence-electron chi connectivity index (χ1n) is 5.93. The van der Waals surface area contributed by atoms with Gasteiger partial charge in [0, 0.05) is 26.2 Å². The van der Waals surface area contributed by atoms with E-state index in [9.17, 15) is 9.59 Å². The van der Waals surface area contributed by atoms with Crippen LogP contribution < -0.4 is 5.32 Å². The second-order valence-electron chi connectivity index (χ2n) is 4.03. The van der Waals surface area contributed by atoms with E-state index < -0.39 is 0 Å². The Morgan fingerprint density at radius 1 is 1.44 bits per heavy atom. The van der Waals surface area contributed by atoms with Crippen LogP contribution in [-0.2, 0) is 4.74 Å². The molecule has 2 rings (SSSR count). The van der Waals surface area contributed by atoms with Crippen molar-refractivity contribution in [3.63, 3.8) is 0 Å². The zero-order valence-corrected chi connectivity index (χ0v) is 10.9. The van der Waals surface area contributed by atoms with Crippen LogP contribution in [0.1, 0.15) is 19.3 Å². The molecule has 0 aromatic carbocycles. The molecule has 98 valence electrons. The van der Waals surface area contributed by atoms with E-state index in [0.717, 1.165) is 39.1 Å². The molecule has 1 aromatic heterocycles. The molecular weight excluding hydrogens is 252 g/mol. The first kappa shape index (κ1) is 13.2. The number of thiophene rings is 1. The molecule has 18 heavy (non-hydrogen) atoms. The van der Waals surface area contributed by atoms with Gasteiger partial charge in [-0.25, -0.2) is 0 Å². The van der Waals surface area contributed by atoms with Crippen molar-refractivity contribution in [2.45, 2.75) is 0 Å². The van der Waals surface area contributed by atoms with Gasteiger partial charge in [0.2, 0.25) is 0 Å². The number of carbonyl (C=O) groups is 2. The van der Waals surface area contributed by atoms with Crippen LogP contribution in [0.5, 0.6) is 0 Å². The molecule has 1 aromatic rings. The van der Waals surface area contributed by atoms with Crippen molar-refractivity contribution in [2.75, 3.05) is 39.4 Å². The van der Waals surface area contributed by atoms with Gasteiger partial charge in [-0.05, 0) is 12.1 Å². The molecule has 6 heteroatoms. The molecule has 1 fully saturated rings. The fourth-order valence-corrected chi connectivity index (χ4v) is 2.52. The molecule has 1 aliphatic rings. The molecule has 0 aliphatic carbocycles. The van der Waals surface area contributed by atoms with Gasteiger partial charge in [-0.2, -0.15) is 0 Å². The number of ether oxygens (including phenoxy) is 1. The van der Waals surface area contributed by atoms with Gasteiger partial charge in [-0.3, -0.25) is 14.5 Å². The normalized spacial score (nSPS) is 16.4. The van der Waals surface area contributed by atoms with Crippen LogP contribution in [0, 0.1) is 0 Å². The summed E-state index contributed by atoms with van der Waals surface area (Å²) in [6.45, 7) is 4.83. The fourth-order valence-electron chi connectivity index (χ4n) is 1.78. The minimum Gasteiger partial charge on any atom is -0.379 e. The maximum absolute atomic E-state index is 11.8. The van der Waals surface area contributed by atoms with Gasteiger partial charge in [-0.1, -0.05) is 0 Å². The van der Waals surface area contributed by atoms with E-state index in [1.54, 1.807) is 12.1 Å². The quantitative estimate of drug-likeness (QED) is 0.796. The SMILES string of the molecule is O=Cc1ccc(C(=O)NCCN2CCOCC2)s1. The third kappa shape index (κ3) is 3.63. The summed E-state index contributed by atoms with van der Waals surface area (Å²) in [5, 5.41) is 2.86. The maximum atomic E-state index is 11.8. The van der Waals surface area contributed by atoms with Gasteiger partial charge in [0.15, 0.2) is 6.29 Å². The zero-order chi connectivity index (χ0) is 12.8. The monoisotopic (exact) mass is 268 g/mol. The van der Waals surface area contributed by atoms with Crippen LogP contribution in [0.2, 0.25) is 0 Å². The lowest BCUT2D eigenvalue weighted by atomic mass is 10.4. The summed E-state index contributed by atoms with van der Waals surface area (Å²) in [7, 11) is 0. The molecule has 0 saturated carbocycles. The number of nitrogens with zero attached hydrogens (tertiary/aromatic N) is 1. The Bertz CT molecular complexity index is 413. The molecule has 1 saturated heterocycles. The number of rotatable bonds is 5. The highest BCUT2D eigenvalue weighted by atomic mass is 32.1. The number of carbonyl (C=O) groups excluding carboxylic acids is 2. The number of aldehydes is 1. The van der Waals surface area contributed by atoms with Gasteiger partial charge in [0.25, 0.3) is 5.91 Å². The van der Waals surface area contributed by atoms with E-state index in [-0.39, 0.29) is 5.91 Å². The summed E-state index contributed by atoms with van der Waals surface area (Å²) in [6, 6.07) is 3.34. The first-order chi connectivity index (χ1) is 8.79. The third-order valence-electron chi connectivity index (χ3n) is 2.78. The summed E-state index contributed by atoms with van der Waals surface area (Å²) in [5.41, 5.74) is 0. The van der Waals surface area contributed by atoms with E-state index in [0.29, 0.717) is 16.3 Å². The third-order valence-corrected chi connectivity index (χ3v) is 3.79. The lowest BCUT2D eigenvalue weighted by molar-refractivity contribution is 0.0383. The van der Waals surface area contributed by atoms with Gasteiger partial charge < -0.3 is 10.1 Å². The molecule has 0 atom stereocenters. The fraction of sp³-hybridized carbons (Fsp3) is 0.500. The predicted molar refractivity (Wildman–Crippen MR) is 69.3 cm³/mol. The van der Waals surface area contributed by atoms with Crippen molar-refractivity contribution < 1.29 is 14.3 Å². The van der Waals surface area contributed by atoms with E-state index in [1.165, 1.54) is 11.3 Å². The highest BCUT2D eigenvalue weighted by molar-refractivity contribution is 7.15. The van der Waals surface area contributed by atoms with Crippen LogP contribution in [-0.4, -0.2) is 56.5 Å². The van der Waals surface area contributed by atoms with Crippen molar-refractivity contribution in [2.24, 2.45) is 0 Å². The highest BCUT2D eigenvalue weighted by Gasteiger charge is 2.11. The number of hydrogen-bond acceptors (Lipinski definition) is 5. The standard InChI is InChI=1S/C12H16N2O3S/c15-9-10-1-2-11(18-10)12(16)13-3-4-14-5-7-17-8-6-14/h1-2,9H,3-8H2,(H,13,16). The molecule has 0 unspecified atom stereocenters. The molecule has 0 radical (unpaired) electrons. The molecule has 1 N–H and O–H groups in total. The molecule has 1 aliphatic heterocycles. The van der Waals surface area contributed by atoms with Gasteiger partial charge in [-0.15, -0.1) is 11.3 Å². The smallest absolute Gasteiger partial charge is 0.261 e. The molecular formula is C12H16N2O3S. The number of amides is 1. The van der Waals surface area contributed by atoms with Crippen molar-refractivity contribution in [3.05, 3.63) is 21.9 Å². The van der Waals surface area contributed by atoms with Crippen LogP contribution in [0.4, 0.5) is 0 Å². The van der Waals surface area contributed by atoms with E-state index in [1.807, 2.05) is 0 Å². The number of nitrogens with one attached hydrogen (secondary N) is 1.